The van der Waals surface area contributed by atoms with Crippen LogP contribution in [0.15, 0.2) is 90.0 Å². The van der Waals surface area contributed by atoms with Crippen molar-refractivity contribution in [3.05, 3.63) is 90.5 Å². The second-order valence-electron chi connectivity index (χ2n) is 8.44. The van der Waals surface area contributed by atoms with Crippen LogP contribution in [-0.4, -0.2) is 34.5 Å². The molecule has 2 heterocycles. The minimum absolute atomic E-state index is 0.116. The molecule has 0 spiro atoms. The smallest absolute Gasteiger partial charge is 0.354 e. The zero-order valence-corrected chi connectivity index (χ0v) is 19.9. The van der Waals surface area contributed by atoms with Crippen molar-refractivity contribution in [2.45, 2.75) is 26.3 Å². The highest BCUT2D eigenvalue weighted by atomic mass is 16.5. The van der Waals surface area contributed by atoms with Crippen LogP contribution in [0.4, 0.5) is 5.69 Å². The van der Waals surface area contributed by atoms with Crippen molar-refractivity contribution < 1.29 is 19.1 Å². The highest BCUT2D eigenvalue weighted by Gasteiger charge is 2.28. The van der Waals surface area contributed by atoms with Crippen molar-refractivity contribution in [3.8, 4) is 11.3 Å². The molecule has 180 valence electrons. The predicted molar refractivity (Wildman–Crippen MR) is 139 cm³/mol. The van der Waals surface area contributed by atoms with Crippen LogP contribution in [0.2, 0.25) is 0 Å². The van der Waals surface area contributed by atoms with Gasteiger partial charge in [0.25, 0.3) is 0 Å². The predicted octanol–water partition coefficient (Wildman–Crippen LogP) is 5.24. The topological polar surface area (TPSA) is 81.0 Å². The van der Waals surface area contributed by atoms with Crippen molar-refractivity contribution in [1.82, 2.24) is 4.57 Å². The Hall–Kier alpha value is -4.52. The average molecular weight is 480 g/mol. The van der Waals surface area contributed by atoms with E-state index in [1.807, 2.05) is 67.6 Å². The number of aromatic nitrogens is 1. The SMILES string of the molecule is CCn1c(-c2ccccc2)c(C(=O)COC(=O)C2=NN(c3ccccc3)C(=O)CC2)c2ccccc21. The summed E-state index contributed by atoms with van der Waals surface area (Å²) in [7, 11) is 0. The van der Waals surface area contributed by atoms with Gasteiger partial charge >= 0.3 is 5.97 Å². The molecule has 5 rings (SSSR count). The van der Waals surface area contributed by atoms with Crippen LogP contribution in [-0.2, 0) is 20.9 Å². The summed E-state index contributed by atoms with van der Waals surface area (Å²) in [6.07, 6.45) is 0.304. The molecule has 3 aromatic carbocycles. The van der Waals surface area contributed by atoms with E-state index in [0.29, 0.717) is 17.8 Å². The lowest BCUT2D eigenvalue weighted by molar-refractivity contribution is -0.134. The third kappa shape index (κ3) is 4.31. The number of ether oxygens (including phenoxy) is 1. The lowest BCUT2D eigenvalue weighted by Gasteiger charge is -2.22. The molecule has 7 heteroatoms. The number of benzene rings is 3. The number of carbonyl (C=O) groups excluding carboxylic acids is 3. The van der Waals surface area contributed by atoms with E-state index in [1.54, 1.807) is 24.3 Å². The number of aryl methyl sites for hydroxylation is 1. The van der Waals surface area contributed by atoms with Crippen LogP contribution in [0.5, 0.6) is 0 Å². The second-order valence-corrected chi connectivity index (χ2v) is 8.44. The molecular weight excluding hydrogens is 454 g/mol. The van der Waals surface area contributed by atoms with Crippen molar-refractivity contribution in [2.75, 3.05) is 11.6 Å². The number of ketones is 1. The van der Waals surface area contributed by atoms with E-state index in [9.17, 15) is 14.4 Å². The highest BCUT2D eigenvalue weighted by molar-refractivity contribution is 6.38. The lowest BCUT2D eigenvalue weighted by atomic mass is 10.0. The third-order valence-corrected chi connectivity index (χ3v) is 6.22. The van der Waals surface area contributed by atoms with E-state index in [-0.39, 0.29) is 30.2 Å². The normalized spacial score (nSPS) is 13.5. The van der Waals surface area contributed by atoms with Gasteiger partial charge in [0.05, 0.1) is 16.9 Å². The zero-order chi connectivity index (χ0) is 25.1. The van der Waals surface area contributed by atoms with Crippen LogP contribution in [0.1, 0.15) is 30.1 Å². The number of anilines is 1. The third-order valence-electron chi connectivity index (χ3n) is 6.22. The van der Waals surface area contributed by atoms with Crippen molar-refractivity contribution in [2.24, 2.45) is 5.10 Å². The molecule has 1 amide bonds. The Bertz CT molecular complexity index is 1470. The maximum atomic E-state index is 13.5. The Balaban J connectivity index is 1.43. The van der Waals surface area contributed by atoms with E-state index in [0.717, 1.165) is 22.2 Å². The van der Waals surface area contributed by atoms with Gasteiger partial charge < -0.3 is 9.30 Å². The van der Waals surface area contributed by atoms with Gasteiger partial charge in [-0.2, -0.15) is 5.10 Å². The quantitative estimate of drug-likeness (QED) is 0.268. The lowest BCUT2D eigenvalue weighted by Crippen LogP contribution is -2.35. The second kappa shape index (κ2) is 10.00. The summed E-state index contributed by atoms with van der Waals surface area (Å²) in [5.74, 6) is -1.19. The summed E-state index contributed by atoms with van der Waals surface area (Å²) in [4.78, 5) is 38.7. The number of esters is 1. The molecule has 1 aromatic heterocycles. The standard InChI is InChI=1S/C29H25N3O4/c1-2-31-24-16-10-9-15-22(24)27(28(31)20-11-5-3-6-12-20)25(33)19-36-29(35)23-17-18-26(34)32(30-23)21-13-7-4-8-14-21/h3-16H,2,17-19H2,1H3. The molecule has 0 unspecified atom stereocenters. The highest BCUT2D eigenvalue weighted by Crippen LogP contribution is 2.34. The molecule has 7 nitrogen and oxygen atoms in total. The fourth-order valence-corrected chi connectivity index (χ4v) is 4.57. The van der Waals surface area contributed by atoms with Gasteiger partial charge in [0.1, 0.15) is 5.71 Å². The first kappa shape index (κ1) is 23.2. The Morgan fingerprint density at radius 1 is 0.889 bits per heavy atom. The number of nitrogens with zero attached hydrogens (tertiary/aromatic N) is 3. The molecule has 0 saturated carbocycles. The summed E-state index contributed by atoms with van der Waals surface area (Å²) >= 11 is 0. The number of hydrogen-bond donors (Lipinski definition) is 0. The number of hydrazone groups is 1. The maximum Gasteiger partial charge on any atom is 0.354 e. The van der Waals surface area contributed by atoms with E-state index < -0.39 is 12.6 Å². The average Bonchev–Trinajstić information content (AvgIpc) is 3.27. The molecule has 1 aliphatic rings. The summed E-state index contributed by atoms with van der Waals surface area (Å²) in [6, 6.07) is 26.4. The molecule has 0 fully saturated rings. The molecule has 1 aliphatic heterocycles. The summed E-state index contributed by atoms with van der Waals surface area (Å²) in [5.41, 5.74) is 3.88. The monoisotopic (exact) mass is 479 g/mol. The van der Waals surface area contributed by atoms with Gasteiger partial charge in [-0.3, -0.25) is 9.59 Å². The Morgan fingerprint density at radius 2 is 1.56 bits per heavy atom. The van der Waals surface area contributed by atoms with Gasteiger partial charge in [0.15, 0.2) is 6.61 Å². The fraction of sp³-hybridized carbons (Fsp3) is 0.172. The van der Waals surface area contributed by atoms with E-state index in [1.165, 1.54) is 5.01 Å². The first-order valence-electron chi connectivity index (χ1n) is 11.9. The van der Waals surface area contributed by atoms with Gasteiger partial charge in [-0.05, 0) is 30.7 Å². The molecular formula is C29H25N3O4. The maximum absolute atomic E-state index is 13.5. The number of Topliss-reactive ketones (excluding diaryl/α,β-unsaturated/α-hetero) is 1. The molecule has 0 aliphatic carbocycles. The number of fused-ring (bicyclic) bond motifs is 1. The number of carbonyl (C=O) groups is 3. The van der Waals surface area contributed by atoms with Crippen LogP contribution in [0, 0.1) is 0 Å². The van der Waals surface area contributed by atoms with Gasteiger partial charge in [-0.1, -0.05) is 66.7 Å². The van der Waals surface area contributed by atoms with Crippen LogP contribution < -0.4 is 5.01 Å². The number of para-hydroxylation sites is 2. The van der Waals surface area contributed by atoms with Crippen molar-refractivity contribution in [1.29, 1.82) is 0 Å². The molecule has 0 atom stereocenters. The molecule has 0 bridgehead atoms. The van der Waals surface area contributed by atoms with Crippen LogP contribution in [0.25, 0.3) is 22.2 Å². The van der Waals surface area contributed by atoms with Gasteiger partial charge in [0.2, 0.25) is 11.7 Å². The van der Waals surface area contributed by atoms with E-state index in [2.05, 4.69) is 9.67 Å². The fourth-order valence-electron chi connectivity index (χ4n) is 4.57. The summed E-state index contributed by atoms with van der Waals surface area (Å²) in [6.45, 7) is 2.29. The summed E-state index contributed by atoms with van der Waals surface area (Å²) in [5, 5.41) is 6.25. The first-order chi connectivity index (χ1) is 17.6. The Morgan fingerprint density at radius 3 is 2.28 bits per heavy atom. The molecule has 0 saturated heterocycles. The van der Waals surface area contributed by atoms with Crippen LogP contribution >= 0.6 is 0 Å². The van der Waals surface area contributed by atoms with E-state index >= 15 is 0 Å². The zero-order valence-electron chi connectivity index (χ0n) is 19.9. The van der Waals surface area contributed by atoms with Gasteiger partial charge in [0, 0.05) is 30.3 Å². The minimum Gasteiger partial charge on any atom is -0.453 e. The molecule has 4 aromatic rings. The van der Waals surface area contributed by atoms with E-state index in [4.69, 9.17) is 4.74 Å². The minimum atomic E-state index is -0.697. The Kier molecular flexibility index (Phi) is 6.45. The summed E-state index contributed by atoms with van der Waals surface area (Å²) < 4.78 is 7.54. The number of hydrogen-bond acceptors (Lipinski definition) is 5. The Labute approximate surface area is 208 Å². The van der Waals surface area contributed by atoms with Crippen molar-refractivity contribution in [3.63, 3.8) is 0 Å². The molecule has 0 N–H and O–H groups in total. The van der Waals surface area contributed by atoms with Gasteiger partial charge in [-0.15, -0.1) is 0 Å². The van der Waals surface area contributed by atoms with Crippen molar-refractivity contribution >= 4 is 40.0 Å². The number of amides is 1. The molecule has 36 heavy (non-hydrogen) atoms. The largest absolute Gasteiger partial charge is 0.453 e. The first-order valence-corrected chi connectivity index (χ1v) is 11.9. The molecule has 0 radical (unpaired) electrons. The number of rotatable bonds is 7. The van der Waals surface area contributed by atoms with Crippen LogP contribution in [0.3, 0.4) is 0 Å². The van der Waals surface area contributed by atoms with Gasteiger partial charge in [-0.25, -0.2) is 9.80 Å².